The van der Waals surface area contributed by atoms with Gasteiger partial charge < -0.3 is 0 Å². The summed E-state index contributed by atoms with van der Waals surface area (Å²) in [4.78, 5) is 4.79. The molecule has 2 N–H and O–H groups in total. The van der Waals surface area contributed by atoms with Crippen molar-refractivity contribution in [1.29, 1.82) is 0 Å². The van der Waals surface area contributed by atoms with Crippen LogP contribution in [0.25, 0.3) is 0 Å². The Hall–Kier alpha value is -0.930. The van der Waals surface area contributed by atoms with Crippen molar-refractivity contribution in [2.75, 3.05) is 0 Å². The summed E-state index contributed by atoms with van der Waals surface area (Å²) in [5, 5.41) is 0. The number of hydrogen-bond donors (Lipinski definition) is 1. The van der Waals surface area contributed by atoms with Gasteiger partial charge in [-0.1, -0.05) is 6.07 Å². The van der Waals surface area contributed by atoms with Crippen molar-refractivity contribution in [1.82, 2.24) is 0 Å². The minimum absolute atomic E-state index is 0.272. The molecule has 0 saturated carbocycles. The van der Waals surface area contributed by atoms with Gasteiger partial charge >= 0.3 is 0 Å². The molecule has 0 heterocycles. The topological polar surface area (TPSA) is 35.2 Å². The number of hydrogen-bond acceptors (Lipinski definition) is 2. The molecular formula is C10H14FNO. The van der Waals surface area contributed by atoms with E-state index in [1.165, 1.54) is 12.1 Å². The summed E-state index contributed by atoms with van der Waals surface area (Å²) in [6, 6.07) is 4.58. The first kappa shape index (κ1) is 10.2. The van der Waals surface area contributed by atoms with Crippen molar-refractivity contribution in [3.8, 4) is 0 Å². The monoisotopic (exact) mass is 183 g/mol. The first-order valence-electron chi connectivity index (χ1n) is 4.12. The van der Waals surface area contributed by atoms with Crippen molar-refractivity contribution in [2.24, 2.45) is 5.90 Å². The molecule has 1 rings (SSSR count). The van der Waals surface area contributed by atoms with Gasteiger partial charge in [0.15, 0.2) is 0 Å². The standard InChI is InChI=1S/C10H14FNO/c1-7-4-5-8(11)6-9(7)10(2,3)13-12/h4-6H,12H2,1-3H3. The van der Waals surface area contributed by atoms with Crippen molar-refractivity contribution >= 4 is 0 Å². The molecule has 0 saturated heterocycles. The van der Waals surface area contributed by atoms with Crippen LogP contribution in [0.15, 0.2) is 18.2 Å². The zero-order valence-electron chi connectivity index (χ0n) is 8.10. The largest absolute Gasteiger partial charge is 0.294 e. The maximum absolute atomic E-state index is 12.9. The summed E-state index contributed by atoms with van der Waals surface area (Å²) in [6.45, 7) is 5.50. The Labute approximate surface area is 77.5 Å². The second kappa shape index (κ2) is 3.44. The first-order chi connectivity index (χ1) is 5.97. The predicted molar refractivity (Wildman–Crippen MR) is 49.4 cm³/mol. The molecule has 1 aromatic rings. The van der Waals surface area contributed by atoms with Crippen LogP contribution in [0, 0.1) is 12.7 Å². The minimum Gasteiger partial charge on any atom is -0.294 e. The molecule has 0 atom stereocenters. The lowest BCUT2D eigenvalue weighted by atomic mass is 9.94. The quantitative estimate of drug-likeness (QED) is 0.714. The highest BCUT2D eigenvalue weighted by Crippen LogP contribution is 2.26. The van der Waals surface area contributed by atoms with E-state index in [-0.39, 0.29) is 5.82 Å². The maximum Gasteiger partial charge on any atom is 0.123 e. The van der Waals surface area contributed by atoms with Gasteiger partial charge in [0.1, 0.15) is 11.4 Å². The summed E-state index contributed by atoms with van der Waals surface area (Å²) in [7, 11) is 0. The Morgan fingerprint density at radius 2 is 2.00 bits per heavy atom. The molecule has 0 amide bonds. The molecule has 0 aromatic heterocycles. The average molecular weight is 183 g/mol. The fourth-order valence-electron chi connectivity index (χ4n) is 1.31. The van der Waals surface area contributed by atoms with Gasteiger partial charge in [-0.3, -0.25) is 4.84 Å². The lowest BCUT2D eigenvalue weighted by Crippen LogP contribution is -2.26. The van der Waals surface area contributed by atoms with Crippen LogP contribution in [0.4, 0.5) is 4.39 Å². The molecule has 0 unspecified atom stereocenters. The van der Waals surface area contributed by atoms with E-state index in [0.717, 1.165) is 11.1 Å². The molecule has 0 aliphatic rings. The van der Waals surface area contributed by atoms with Gasteiger partial charge in [-0.05, 0) is 44.0 Å². The SMILES string of the molecule is Cc1ccc(F)cc1C(C)(C)ON. The number of aryl methyl sites for hydroxylation is 1. The summed E-state index contributed by atoms with van der Waals surface area (Å²) in [5.41, 5.74) is 1.10. The van der Waals surface area contributed by atoms with Gasteiger partial charge in [0, 0.05) is 0 Å². The Balaban J connectivity index is 3.20. The van der Waals surface area contributed by atoms with Crippen LogP contribution < -0.4 is 5.90 Å². The van der Waals surface area contributed by atoms with E-state index in [9.17, 15) is 4.39 Å². The van der Waals surface area contributed by atoms with Gasteiger partial charge in [-0.2, -0.15) is 0 Å². The predicted octanol–water partition coefficient (Wildman–Crippen LogP) is 2.26. The third-order valence-electron chi connectivity index (χ3n) is 2.14. The molecule has 1 aromatic carbocycles. The van der Waals surface area contributed by atoms with Gasteiger partial charge in [-0.25, -0.2) is 10.3 Å². The Bertz CT molecular complexity index is 310. The molecular weight excluding hydrogens is 169 g/mol. The highest BCUT2D eigenvalue weighted by Gasteiger charge is 2.22. The molecule has 0 bridgehead atoms. The number of halogens is 1. The second-order valence-electron chi connectivity index (χ2n) is 3.59. The zero-order valence-corrected chi connectivity index (χ0v) is 8.10. The minimum atomic E-state index is -0.647. The molecule has 0 radical (unpaired) electrons. The van der Waals surface area contributed by atoms with Crippen LogP contribution >= 0.6 is 0 Å². The number of rotatable bonds is 2. The van der Waals surface area contributed by atoms with E-state index in [1.807, 2.05) is 6.92 Å². The lowest BCUT2D eigenvalue weighted by molar-refractivity contribution is -0.0242. The van der Waals surface area contributed by atoms with Crippen molar-refractivity contribution in [3.05, 3.63) is 35.1 Å². The molecule has 0 spiro atoms. The number of nitrogens with two attached hydrogens (primary N) is 1. The van der Waals surface area contributed by atoms with E-state index in [1.54, 1.807) is 19.9 Å². The second-order valence-corrected chi connectivity index (χ2v) is 3.59. The van der Waals surface area contributed by atoms with E-state index >= 15 is 0 Å². The highest BCUT2D eigenvalue weighted by molar-refractivity contribution is 5.31. The molecule has 2 nitrogen and oxygen atoms in total. The first-order valence-corrected chi connectivity index (χ1v) is 4.12. The highest BCUT2D eigenvalue weighted by atomic mass is 19.1. The smallest absolute Gasteiger partial charge is 0.123 e. The van der Waals surface area contributed by atoms with Crippen LogP contribution in [0.1, 0.15) is 25.0 Å². The van der Waals surface area contributed by atoms with Gasteiger partial charge in [0.2, 0.25) is 0 Å². The fourth-order valence-corrected chi connectivity index (χ4v) is 1.31. The average Bonchev–Trinajstić information content (AvgIpc) is 2.09. The summed E-state index contributed by atoms with van der Waals surface area (Å²) in [6.07, 6.45) is 0. The van der Waals surface area contributed by atoms with Crippen LogP contribution in [0.5, 0.6) is 0 Å². The lowest BCUT2D eigenvalue weighted by Gasteiger charge is -2.24. The maximum atomic E-state index is 12.9. The van der Waals surface area contributed by atoms with Gasteiger partial charge in [-0.15, -0.1) is 0 Å². The molecule has 0 fully saturated rings. The molecule has 13 heavy (non-hydrogen) atoms. The van der Waals surface area contributed by atoms with Crippen LogP contribution in [-0.2, 0) is 10.4 Å². The van der Waals surface area contributed by atoms with Gasteiger partial charge in [0.25, 0.3) is 0 Å². The Morgan fingerprint density at radius 1 is 1.38 bits per heavy atom. The van der Waals surface area contributed by atoms with Crippen LogP contribution in [0.2, 0.25) is 0 Å². The van der Waals surface area contributed by atoms with Crippen LogP contribution in [0.3, 0.4) is 0 Å². The summed E-state index contributed by atoms with van der Waals surface area (Å²) >= 11 is 0. The van der Waals surface area contributed by atoms with Crippen molar-refractivity contribution in [2.45, 2.75) is 26.4 Å². The molecule has 0 aliphatic carbocycles. The van der Waals surface area contributed by atoms with E-state index in [2.05, 4.69) is 0 Å². The van der Waals surface area contributed by atoms with Crippen molar-refractivity contribution in [3.63, 3.8) is 0 Å². The van der Waals surface area contributed by atoms with E-state index < -0.39 is 5.60 Å². The van der Waals surface area contributed by atoms with Gasteiger partial charge in [0.05, 0.1) is 0 Å². The third-order valence-corrected chi connectivity index (χ3v) is 2.14. The summed E-state index contributed by atoms with van der Waals surface area (Å²) < 4.78 is 12.9. The Morgan fingerprint density at radius 3 is 2.54 bits per heavy atom. The van der Waals surface area contributed by atoms with Crippen LogP contribution in [-0.4, -0.2) is 0 Å². The normalized spacial score (nSPS) is 11.8. The van der Waals surface area contributed by atoms with E-state index in [0.29, 0.717) is 0 Å². The number of benzene rings is 1. The third kappa shape index (κ3) is 2.05. The molecule has 3 heteroatoms. The summed E-state index contributed by atoms with van der Waals surface area (Å²) in [5.74, 6) is 4.86. The molecule has 0 aliphatic heterocycles. The Kier molecular flexibility index (Phi) is 2.68. The fraction of sp³-hybridized carbons (Fsp3) is 0.400. The van der Waals surface area contributed by atoms with E-state index in [4.69, 9.17) is 10.7 Å². The zero-order chi connectivity index (χ0) is 10.1. The van der Waals surface area contributed by atoms with Crippen molar-refractivity contribution < 1.29 is 9.23 Å². The molecule has 72 valence electrons.